The first-order valence-corrected chi connectivity index (χ1v) is 7.12. The molecule has 0 aliphatic heterocycles. The van der Waals surface area contributed by atoms with E-state index in [1.807, 2.05) is 24.3 Å². The largest absolute Gasteiger partial charge is 0.491 e. The van der Waals surface area contributed by atoms with Gasteiger partial charge in [-0.25, -0.2) is 4.68 Å². The molecule has 0 spiro atoms. The number of benzene rings is 1. The quantitative estimate of drug-likeness (QED) is 0.879. The maximum Gasteiger partial charge on any atom is 0.169 e. The highest BCUT2D eigenvalue weighted by molar-refractivity contribution is 5.44. The van der Waals surface area contributed by atoms with E-state index in [1.54, 1.807) is 4.68 Å². The van der Waals surface area contributed by atoms with Crippen molar-refractivity contribution >= 4 is 5.82 Å². The van der Waals surface area contributed by atoms with E-state index in [9.17, 15) is 0 Å². The number of ether oxygens (including phenoxy) is 1. The van der Waals surface area contributed by atoms with Crippen LogP contribution in [0.1, 0.15) is 39.3 Å². The number of hydrogen-bond acceptors (Lipinski definition) is 4. The molecule has 2 rings (SSSR count). The third-order valence-electron chi connectivity index (χ3n) is 3.25. The van der Waals surface area contributed by atoms with E-state index in [0.29, 0.717) is 5.82 Å². The average Bonchev–Trinajstić information content (AvgIpc) is 2.81. The lowest BCUT2D eigenvalue weighted by atomic mass is 10.2. The first-order valence-electron chi connectivity index (χ1n) is 7.12. The molecule has 20 heavy (non-hydrogen) atoms. The first-order chi connectivity index (χ1) is 9.65. The van der Waals surface area contributed by atoms with Crippen LogP contribution in [0, 0.1) is 0 Å². The maximum atomic E-state index is 5.88. The van der Waals surface area contributed by atoms with Gasteiger partial charge in [-0.1, -0.05) is 31.5 Å². The summed E-state index contributed by atoms with van der Waals surface area (Å²) < 4.78 is 7.63. The lowest BCUT2D eigenvalue weighted by Crippen LogP contribution is -2.10. The Hall–Kier alpha value is -2.04. The summed E-state index contributed by atoms with van der Waals surface area (Å²) in [5, 5.41) is 8.10. The molecule has 5 heteroatoms. The minimum absolute atomic E-state index is 0.196. The molecule has 0 radical (unpaired) electrons. The summed E-state index contributed by atoms with van der Waals surface area (Å²) in [6.07, 6.45) is 3.03. The Labute approximate surface area is 119 Å². The summed E-state index contributed by atoms with van der Waals surface area (Å²) >= 11 is 0. The molecule has 0 saturated heterocycles. The summed E-state index contributed by atoms with van der Waals surface area (Å²) in [5.74, 6) is 1.34. The van der Waals surface area contributed by atoms with Crippen molar-refractivity contribution in [3.63, 3.8) is 0 Å². The average molecular weight is 274 g/mol. The Balaban J connectivity index is 2.31. The van der Waals surface area contributed by atoms with Gasteiger partial charge in [-0.15, -0.1) is 5.10 Å². The zero-order chi connectivity index (χ0) is 14.5. The predicted molar refractivity (Wildman–Crippen MR) is 80.1 cm³/mol. The van der Waals surface area contributed by atoms with Crippen LogP contribution in [0.2, 0.25) is 0 Å². The number of rotatable bonds is 6. The topological polar surface area (TPSA) is 66.0 Å². The minimum Gasteiger partial charge on any atom is -0.491 e. The van der Waals surface area contributed by atoms with Crippen LogP contribution in [-0.2, 0) is 6.42 Å². The van der Waals surface area contributed by atoms with Crippen LogP contribution < -0.4 is 10.5 Å². The van der Waals surface area contributed by atoms with E-state index >= 15 is 0 Å². The van der Waals surface area contributed by atoms with Gasteiger partial charge in [0.2, 0.25) is 0 Å². The summed E-state index contributed by atoms with van der Waals surface area (Å²) in [7, 11) is 0. The second-order valence-corrected chi connectivity index (χ2v) is 4.92. The van der Waals surface area contributed by atoms with Crippen molar-refractivity contribution in [1.29, 1.82) is 0 Å². The number of aromatic nitrogens is 3. The monoisotopic (exact) mass is 274 g/mol. The molecule has 0 fully saturated rings. The van der Waals surface area contributed by atoms with Gasteiger partial charge in [0.25, 0.3) is 0 Å². The Morgan fingerprint density at radius 2 is 2.15 bits per heavy atom. The molecule has 0 aliphatic rings. The highest BCUT2D eigenvalue weighted by atomic mass is 16.5. The van der Waals surface area contributed by atoms with E-state index in [4.69, 9.17) is 10.5 Å². The molecule has 1 heterocycles. The van der Waals surface area contributed by atoms with Crippen LogP contribution in [0.3, 0.4) is 0 Å². The van der Waals surface area contributed by atoms with E-state index in [1.165, 1.54) is 0 Å². The standard InChI is InChI=1S/C15H22N4O/c1-4-7-14-15(16)17-18-19(14)12-8-6-9-13(10-12)20-11(3)5-2/h6,8-11H,4-5,7,16H2,1-3H3. The van der Waals surface area contributed by atoms with Crippen LogP contribution >= 0.6 is 0 Å². The summed E-state index contributed by atoms with van der Waals surface area (Å²) in [4.78, 5) is 0. The van der Waals surface area contributed by atoms with Crippen LogP contribution in [0.25, 0.3) is 5.69 Å². The molecule has 2 aromatic rings. The number of hydrogen-bond donors (Lipinski definition) is 1. The molecule has 5 nitrogen and oxygen atoms in total. The Morgan fingerprint density at radius 3 is 2.85 bits per heavy atom. The smallest absolute Gasteiger partial charge is 0.169 e. The van der Waals surface area contributed by atoms with Crippen molar-refractivity contribution in [1.82, 2.24) is 15.0 Å². The summed E-state index contributed by atoms with van der Waals surface area (Å²) in [5.41, 5.74) is 7.76. The lowest BCUT2D eigenvalue weighted by molar-refractivity contribution is 0.217. The molecular formula is C15H22N4O. The number of nitrogens with zero attached hydrogens (tertiary/aromatic N) is 3. The molecule has 1 unspecified atom stereocenters. The predicted octanol–water partition coefficient (Wildman–Crippen LogP) is 2.98. The van der Waals surface area contributed by atoms with Crippen LogP contribution in [-0.4, -0.2) is 21.1 Å². The van der Waals surface area contributed by atoms with E-state index in [0.717, 1.165) is 36.4 Å². The fraction of sp³-hybridized carbons (Fsp3) is 0.467. The van der Waals surface area contributed by atoms with Crippen molar-refractivity contribution in [2.45, 2.75) is 46.1 Å². The molecule has 0 aliphatic carbocycles. The third-order valence-corrected chi connectivity index (χ3v) is 3.25. The zero-order valence-corrected chi connectivity index (χ0v) is 12.3. The summed E-state index contributed by atoms with van der Waals surface area (Å²) in [6, 6.07) is 7.87. The minimum atomic E-state index is 0.196. The van der Waals surface area contributed by atoms with Gasteiger partial charge >= 0.3 is 0 Å². The first kappa shape index (κ1) is 14.4. The van der Waals surface area contributed by atoms with E-state index in [2.05, 4.69) is 31.1 Å². The maximum absolute atomic E-state index is 5.88. The van der Waals surface area contributed by atoms with Gasteiger partial charge in [-0.3, -0.25) is 0 Å². The Kier molecular flexibility index (Phi) is 4.61. The van der Waals surface area contributed by atoms with Gasteiger partial charge in [0.15, 0.2) is 5.82 Å². The second kappa shape index (κ2) is 6.41. The number of nitrogens with two attached hydrogens (primary N) is 1. The van der Waals surface area contributed by atoms with Crippen LogP contribution in [0.15, 0.2) is 24.3 Å². The second-order valence-electron chi connectivity index (χ2n) is 4.92. The fourth-order valence-corrected chi connectivity index (χ4v) is 2.00. The van der Waals surface area contributed by atoms with Gasteiger partial charge in [-0.05, 0) is 31.9 Å². The van der Waals surface area contributed by atoms with Crippen molar-refractivity contribution in [2.24, 2.45) is 0 Å². The molecule has 0 saturated carbocycles. The van der Waals surface area contributed by atoms with Crippen molar-refractivity contribution in [3.8, 4) is 11.4 Å². The molecule has 108 valence electrons. The SMILES string of the molecule is CCCc1c(N)nnn1-c1cccc(OC(C)CC)c1. The summed E-state index contributed by atoms with van der Waals surface area (Å²) in [6.45, 7) is 6.27. The fourth-order valence-electron chi connectivity index (χ4n) is 2.00. The van der Waals surface area contributed by atoms with Crippen LogP contribution in [0.5, 0.6) is 5.75 Å². The molecule has 2 N–H and O–H groups in total. The molecule has 1 aromatic heterocycles. The van der Waals surface area contributed by atoms with Crippen molar-refractivity contribution < 1.29 is 4.74 Å². The van der Waals surface area contributed by atoms with E-state index in [-0.39, 0.29) is 6.10 Å². The van der Waals surface area contributed by atoms with E-state index < -0.39 is 0 Å². The van der Waals surface area contributed by atoms with Gasteiger partial charge in [-0.2, -0.15) is 0 Å². The number of nitrogen functional groups attached to an aromatic ring is 1. The number of anilines is 1. The Morgan fingerprint density at radius 1 is 1.35 bits per heavy atom. The highest BCUT2D eigenvalue weighted by Gasteiger charge is 2.11. The normalized spacial score (nSPS) is 12.3. The zero-order valence-electron chi connectivity index (χ0n) is 12.3. The highest BCUT2D eigenvalue weighted by Crippen LogP contribution is 2.21. The molecular weight excluding hydrogens is 252 g/mol. The van der Waals surface area contributed by atoms with Gasteiger partial charge in [0.05, 0.1) is 17.5 Å². The Bertz CT molecular complexity index is 565. The molecule has 1 atom stereocenters. The molecule has 0 bridgehead atoms. The lowest BCUT2D eigenvalue weighted by Gasteiger charge is -2.13. The van der Waals surface area contributed by atoms with Gasteiger partial charge in [0.1, 0.15) is 5.75 Å². The van der Waals surface area contributed by atoms with Crippen LogP contribution in [0.4, 0.5) is 5.82 Å². The van der Waals surface area contributed by atoms with Gasteiger partial charge < -0.3 is 10.5 Å². The molecule has 1 aromatic carbocycles. The third kappa shape index (κ3) is 3.10. The van der Waals surface area contributed by atoms with Crippen molar-refractivity contribution in [2.75, 3.05) is 5.73 Å². The van der Waals surface area contributed by atoms with Crippen molar-refractivity contribution in [3.05, 3.63) is 30.0 Å². The van der Waals surface area contributed by atoms with Gasteiger partial charge in [0, 0.05) is 6.07 Å². The molecule has 0 amide bonds.